The zero-order valence-electron chi connectivity index (χ0n) is 28.3. The van der Waals surface area contributed by atoms with Crippen LogP contribution in [0.2, 0.25) is 0 Å². The van der Waals surface area contributed by atoms with Crippen molar-refractivity contribution >= 4 is 63.7 Å². The van der Waals surface area contributed by atoms with Gasteiger partial charge in [0, 0.05) is 17.3 Å². The van der Waals surface area contributed by atoms with Gasteiger partial charge in [0.1, 0.15) is 28.7 Å². The maximum absolute atomic E-state index is 14.4. The van der Waals surface area contributed by atoms with Crippen LogP contribution in [-0.4, -0.2) is 71.7 Å². The Morgan fingerprint density at radius 2 is 1.83 bits per heavy atom. The molecular weight excluding hydrogens is 733 g/mol. The Balaban J connectivity index is 1.17. The van der Waals surface area contributed by atoms with Crippen molar-refractivity contribution in [2.45, 2.75) is 48.2 Å². The molecule has 13 nitrogen and oxygen atoms in total. The summed E-state index contributed by atoms with van der Waals surface area (Å²) in [5, 5.41) is 17.6. The molecular formula is C37H34N8O5S3. The van der Waals surface area contributed by atoms with Crippen LogP contribution in [0.4, 0.5) is 5.13 Å². The van der Waals surface area contributed by atoms with Gasteiger partial charge in [0.15, 0.2) is 11.2 Å². The molecule has 7 rings (SSSR count). The van der Waals surface area contributed by atoms with Crippen LogP contribution in [-0.2, 0) is 36.8 Å². The van der Waals surface area contributed by atoms with Crippen molar-refractivity contribution < 1.29 is 24.0 Å². The lowest BCUT2D eigenvalue weighted by Crippen LogP contribution is -2.71. The zero-order chi connectivity index (χ0) is 36.7. The molecule has 4 heterocycles. The highest BCUT2D eigenvalue weighted by Gasteiger charge is 2.55. The summed E-state index contributed by atoms with van der Waals surface area (Å²) < 4.78 is 10.4. The third kappa shape index (κ3) is 8.04. The first-order chi connectivity index (χ1) is 25.9. The molecule has 53 heavy (non-hydrogen) atoms. The number of rotatable bonds is 13. The molecule has 270 valence electrons. The minimum atomic E-state index is -0.986. The second-order valence-corrected chi connectivity index (χ2v) is 14.9. The molecule has 16 heteroatoms. The maximum atomic E-state index is 14.4. The molecule has 1 saturated heterocycles. The van der Waals surface area contributed by atoms with E-state index in [1.165, 1.54) is 40.1 Å². The molecule has 4 aromatic rings. The molecule has 0 radical (unpaired) electrons. The van der Waals surface area contributed by atoms with Gasteiger partial charge in [-0.15, -0.1) is 16.9 Å². The number of nitrogens with zero attached hydrogens (tertiary/aromatic N) is 6. The number of allylic oxidation sites excluding steroid dienone is 1. The number of fused-ring (bicyclic) bond motifs is 2. The summed E-state index contributed by atoms with van der Waals surface area (Å²) in [4.78, 5) is 52.4. The smallest absolute Gasteiger partial charge is 0.356 e. The van der Waals surface area contributed by atoms with E-state index in [9.17, 15) is 14.4 Å². The van der Waals surface area contributed by atoms with Gasteiger partial charge in [-0.25, -0.2) is 4.79 Å². The molecule has 2 aromatic carbocycles. The van der Waals surface area contributed by atoms with Crippen LogP contribution in [0.15, 0.2) is 112 Å². The summed E-state index contributed by atoms with van der Waals surface area (Å²) in [6.07, 6.45) is 6.69. The van der Waals surface area contributed by atoms with Crippen molar-refractivity contribution in [3.05, 3.63) is 130 Å². The highest BCUT2D eigenvalue weighted by molar-refractivity contribution is 8.02. The fraction of sp³-hybridized carbons (Fsp3) is 0.243. The predicted octanol–water partition coefficient (Wildman–Crippen LogP) is 4.99. The van der Waals surface area contributed by atoms with Gasteiger partial charge in [0.25, 0.3) is 11.8 Å². The van der Waals surface area contributed by atoms with Crippen LogP contribution in [0.1, 0.15) is 47.2 Å². The number of aromatic nitrogens is 4. The maximum Gasteiger partial charge on any atom is 0.356 e. The number of carbonyl (C=O) groups excluding carboxylic acids is 3. The number of oxime groups is 1. The van der Waals surface area contributed by atoms with Gasteiger partial charge in [-0.2, -0.15) is 14.5 Å². The molecule has 0 saturated carbocycles. The predicted molar refractivity (Wildman–Crippen MR) is 204 cm³/mol. The lowest BCUT2D eigenvalue weighted by atomic mass is 9.97. The van der Waals surface area contributed by atoms with Crippen molar-refractivity contribution in [1.82, 2.24) is 29.8 Å². The van der Waals surface area contributed by atoms with Gasteiger partial charge >= 0.3 is 5.97 Å². The van der Waals surface area contributed by atoms with Crippen LogP contribution in [0, 0.1) is 0 Å². The first kappa shape index (κ1) is 36.1. The number of benzene rings is 2. The van der Waals surface area contributed by atoms with Gasteiger partial charge in [0.2, 0.25) is 11.5 Å². The largest absolute Gasteiger partial charge is 0.448 e. The number of nitrogens with one attached hydrogen (secondary N) is 1. The first-order valence-electron chi connectivity index (χ1n) is 16.8. The zero-order valence-corrected chi connectivity index (χ0v) is 30.7. The molecule has 1 fully saturated rings. The standard InChI is InChI=1S/C37H34N8O5S3/c1-2-18-49-43-28(32-40-37(38)53-44-32)33(46)39-29-34(47)45-30(36(48)50-31(22-11-5-3-6-12-22)23-13-7-4-8-14-23)25(21-52-35(29)45)17-19-51-27-20-24-15-9-10-16-26(24)41-42-27/h2-8,11-14,17,19-20,29,31,35H,1,9-10,15-16,18,21H2,(H,39,46)(H2,38,40,44)/b19-17+,43-28+. The number of aryl methyl sites for hydroxylation is 2. The Morgan fingerprint density at radius 1 is 1.09 bits per heavy atom. The van der Waals surface area contributed by atoms with Crippen LogP contribution < -0.4 is 11.1 Å². The number of esters is 1. The van der Waals surface area contributed by atoms with E-state index < -0.39 is 35.3 Å². The van der Waals surface area contributed by atoms with E-state index in [1.807, 2.05) is 72.1 Å². The SMILES string of the molecule is C=CCO/N=C(/C(=O)NC1C(=O)N2C(C(=O)OC(c3ccccc3)c3ccccc3)=C(/C=C/Sc3cc4c(nn3)CCCC4)CSC12)c1nsc(N)n1. The molecule has 0 bridgehead atoms. The first-order valence-corrected chi connectivity index (χ1v) is 19.5. The van der Waals surface area contributed by atoms with Crippen LogP contribution in [0.25, 0.3) is 0 Å². The summed E-state index contributed by atoms with van der Waals surface area (Å²) >= 11 is 3.69. The van der Waals surface area contributed by atoms with E-state index in [0.29, 0.717) is 11.3 Å². The second-order valence-electron chi connectivity index (χ2n) is 12.1. The molecule has 1 aliphatic carbocycles. The number of nitrogen functional groups attached to an aromatic ring is 1. The average molecular weight is 767 g/mol. The number of amides is 2. The highest BCUT2D eigenvalue weighted by Crippen LogP contribution is 2.42. The Morgan fingerprint density at radius 3 is 2.53 bits per heavy atom. The lowest BCUT2D eigenvalue weighted by molar-refractivity contribution is -0.154. The van der Waals surface area contributed by atoms with Crippen molar-refractivity contribution in [2.75, 3.05) is 18.1 Å². The van der Waals surface area contributed by atoms with Gasteiger partial charge < -0.3 is 20.6 Å². The minimum absolute atomic E-state index is 0.0296. The monoisotopic (exact) mass is 766 g/mol. The van der Waals surface area contributed by atoms with Gasteiger partial charge in [0.05, 0.1) is 5.69 Å². The van der Waals surface area contributed by atoms with E-state index in [4.69, 9.17) is 15.3 Å². The third-order valence-corrected chi connectivity index (χ3v) is 11.2. The number of carbonyl (C=O) groups is 3. The molecule has 3 aliphatic rings. The van der Waals surface area contributed by atoms with Crippen LogP contribution >= 0.6 is 35.1 Å². The average Bonchev–Trinajstić information content (AvgIpc) is 3.63. The number of β-lactam (4-membered cyclic amide) rings is 1. The molecule has 2 unspecified atom stereocenters. The van der Waals surface area contributed by atoms with E-state index in [-0.39, 0.29) is 29.0 Å². The van der Waals surface area contributed by atoms with E-state index >= 15 is 0 Å². The fourth-order valence-corrected chi connectivity index (χ4v) is 8.52. The topological polar surface area (TPSA) is 175 Å². The normalized spacial score (nSPS) is 18.3. The molecule has 2 atom stereocenters. The van der Waals surface area contributed by atoms with Crippen molar-refractivity contribution in [1.29, 1.82) is 0 Å². The van der Waals surface area contributed by atoms with Crippen molar-refractivity contribution in [2.24, 2.45) is 5.16 Å². The number of hydrogen-bond acceptors (Lipinski definition) is 14. The Labute approximate surface area is 318 Å². The van der Waals surface area contributed by atoms with Crippen molar-refractivity contribution in [3.8, 4) is 0 Å². The molecule has 2 aromatic heterocycles. The number of ether oxygens (including phenoxy) is 1. The molecule has 2 amide bonds. The van der Waals surface area contributed by atoms with Crippen LogP contribution in [0.3, 0.4) is 0 Å². The summed E-state index contributed by atoms with van der Waals surface area (Å²) in [6.45, 7) is 3.61. The Kier molecular flexibility index (Phi) is 11.3. The number of nitrogens with two attached hydrogens (primary N) is 1. The Bertz CT molecular complexity index is 2070. The number of anilines is 1. The molecule has 3 N–H and O–H groups in total. The Hall–Kier alpha value is -5.32. The van der Waals surface area contributed by atoms with Gasteiger partial charge in [-0.1, -0.05) is 90.2 Å². The second kappa shape index (κ2) is 16.6. The van der Waals surface area contributed by atoms with Gasteiger partial charge in [-0.05, 0) is 65.5 Å². The van der Waals surface area contributed by atoms with Gasteiger partial charge in [-0.3, -0.25) is 14.5 Å². The molecule has 0 spiro atoms. The van der Waals surface area contributed by atoms with E-state index in [0.717, 1.165) is 59.1 Å². The summed E-state index contributed by atoms with van der Waals surface area (Å²) in [5.41, 5.74) is 10.0. The minimum Gasteiger partial charge on any atom is -0.448 e. The third-order valence-electron chi connectivity index (χ3n) is 8.63. The number of thioether (sulfide) groups is 2. The summed E-state index contributed by atoms with van der Waals surface area (Å²) in [7, 11) is 0. The molecule has 2 aliphatic heterocycles. The quantitative estimate of drug-likeness (QED) is 0.0356. The van der Waals surface area contributed by atoms with Crippen molar-refractivity contribution in [3.63, 3.8) is 0 Å². The summed E-state index contributed by atoms with van der Waals surface area (Å²) in [5.74, 6) is -1.59. The summed E-state index contributed by atoms with van der Waals surface area (Å²) in [6, 6.07) is 19.9. The highest BCUT2D eigenvalue weighted by atomic mass is 32.2. The van der Waals surface area contributed by atoms with E-state index in [1.54, 1.807) is 0 Å². The number of hydrogen-bond donors (Lipinski definition) is 2. The fourth-order valence-electron chi connectivity index (χ4n) is 6.10. The van der Waals surface area contributed by atoms with E-state index in [2.05, 4.69) is 42.7 Å². The van der Waals surface area contributed by atoms with Crippen LogP contribution in [0.5, 0.6) is 0 Å². The lowest BCUT2D eigenvalue weighted by Gasteiger charge is -2.49.